The molecule has 0 aromatic heterocycles. The van der Waals surface area contributed by atoms with Crippen molar-refractivity contribution in [2.24, 2.45) is 0 Å². The first kappa shape index (κ1) is 25.7. The minimum atomic E-state index is -0.451. The Hall–Kier alpha value is -2.57. The Balaban J connectivity index is 2.02. The summed E-state index contributed by atoms with van der Waals surface area (Å²) < 4.78 is 0. The van der Waals surface area contributed by atoms with Crippen molar-refractivity contribution in [3.05, 3.63) is 28.8 Å². The predicted octanol–water partition coefficient (Wildman–Crippen LogP) is 2.77. The highest BCUT2D eigenvalue weighted by Gasteiger charge is 2.33. The SMILES string of the molecule is CNC(=O)C1CCCN1C(=O)CNC(=O)CCc1cc(C(C)(C)C)c(O)c(C(C)(C)C)c1. The zero-order valence-electron chi connectivity index (χ0n) is 20.6. The summed E-state index contributed by atoms with van der Waals surface area (Å²) in [6, 6.07) is 3.50. The van der Waals surface area contributed by atoms with Gasteiger partial charge >= 0.3 is 0 Å². The third-order valence-corrected chi connectivity index (χ3v) is 5.99. The van der Waals surface area contributed by atoms with E-state index in [1.165, 1.54) is 0 Å². The Morgan fingerprint density at radius 1 is 1.06 bits per heavy atom. The van der Waals surface area contributed by atoms with Crippen molar-refractivity contribution in [3.8, 4) is 5.75 Å². The molecular weight excluding hydrogens is 406 g/mol. The molecule has 0 bridgehead atoms. The molecule has 0 spiro atoms. The van der Waals surface area contributed by atoms with Crippen LogP contribution < -0.4 is 10.6 Å². The van der Waals surface area contributed by atoms with Gasteiger partial charge in [0.05, 0.1) is 6.54 Å². The molecule has 0 aliphatic carbocycles. The fourth-order valence-electron chi connectivity index (χ4n) is 4.11. The van der Waals surface area contributed by atoms with Crippen molar-refractivity contribution in [3.63, 3.8) is 0 Å². The average molecular weight is 446 g/mol. The van der Waals surface area contributed by atoms with Gasteiger partial charge in [0, 0.05) is 20.0 Å². The molecule has 3 N–H and O–H groups in total. The number of benzene rings is 1. The van der Waals surface area contributed by atoms with Gasteiger partial charge in [-0.2, -0.15) is 0 Å². The zero-order valence-corrected chi connectivity index (χ0v) is 20.6. The van der Waals surface area contributed by atoms with E-state index in [0.717, 1.165) is 23.1 Å². The van der Waals surface area contributed by atoms with E-state index in [4.69, 9.17) is 0 Å². The molecule has 1 heterocycles. The largest absolute Gasteiger partial charge is 0.507 e. The van der Waals surface area contributed by atoms with Crippen LogP contribution in [0.25, 0.3) is 0 Å². The summed E-state index contributed by atoms with van der Waals surface area (Å²) in [6.07, 6.45) is 2.18. The molecule has 1 aliphatic rings. The Morgan fingerprint density at radius 3 is 2.12 bits per heavy atom. The van der Waals surface area contributed by atoms with Crippen molar-refractivity contribution >= 4 is 17.7 Å². The molecule has 178 valence electrons. The number of carbonyl (C=O) groups excluding carboxylic acids is 3. The number of aromatic hydroxyl groups is 1. The van der Waals surface area contributed by atoms with Crippen LogP contribution in [-0.2, 0) is 31.6 Å². The maximum absolute atomic E-state index is 12.5. The number of aryl methyl sites for hydroxylation is 1. The number of likely N-dealkylation sites (N-methyl/N-ethyl adjacent to an activating group) is 1. The van der Waals surface area contributed by atoms with Crippen molar-refractivity contribution < 1.29 is 19.5 Å². The second kappa shape index (κ2) is 9.92. The summed E-state index contributed by atoms with van der Waals surface area (Å²) in [5.41, 5.74) is 2.25. The molecule has 3 amide bonds. The van der Waals surface area contributed by atoms with Crippen LogP contribution in [0.15, 0.2) is 12.1 Å². The molecule has 0 radical (unpaired) electrons. The van der Waals surface area contributed by atoms with Gasteiger partial charge < -0.3 is 20.6 Å². The van der Waals surface area contributed by atoms with Gasteiger partial charge in [0.25, 0.3) is 0 Å². The van der Waals surface area contributed by atoms with Crippen molar-refractivity contribution in [2.75, 3.05) is 20.1 Å². The van der Waals surface area contributed by atoms with Gasteiger partial charge in [-0.15, -0.1) is 0 Å². The van der Waals surface area contributed by atoms with Gasteiger partial charge in [-0.05, 0) is 46.8 Å². The van der Waals surface area contributed by atoms with Gasteiger partial charge in [-0.3, -0.25) is 14.4 Å². The van der Waals surface area contributed by atoms with E-state index in [1.54, 1.807) is 11.9 Å². The Morgan fingerprint density at radius 2 is 1.62 bits per heavy atom. The number of carbonyl (C=O) groups is 3. The second-order valence-electron chi connectivity index (χ2n) is 10.7. The number of nitrogens with zero attached hydrogens (tertiary/aromatic N) is 1. The maximum atomic E-state index is 12.5. The van der Waals surface area contributed by atoms with Crippen LogP contribution in [0, 0.1) is 0 Å². The molecular formula is C25H39N3O4. The fraction of sp³-hybridized carbons (Fsp3) is 0.640. The number of hydrogen-bond acceptors (Lipinski definition) is 4. The number of phenols is 1. The quantitative estimate of drug-likeness (QED) is 0.627. The Bertz CT molecular complexity index is 830. The first-order valence-electron chi connectivity index (χ1n) is 11.4. The van der Waals surface area contributed by atoms with Crippen molar-refractivity contribution in [1.29, 1.82) is 0 Å². The van der Waals surface area contributed by atoms with Gasteiger partial charge in [-0.1, -0.05) is 53.7 Å². The van der Waals surface area contributed by atoms with Crippen LogP contribution >= 0.6 is 0 Å². The number of hydrogen-bond donors (Lipinski definition) is 3. The second-order valence-corrected chi connectivity index (χ2v) is 10.7. The lowest BCUT2D eigenvalue weighted by Crippen LogP contribution is -2.48. The molecule has 1 atom stereocenters. The Labute approximate surface area is 191 Å². The van der Waals surface area contributed by atoms with E-state index >= 15 is 0 Å². The lowest BCUT2D eigenvalue weighted by Gasteiger charge is -2.28. The summed E-state index contributed by atoms with van der Waals surface area (Å²) >= 11 is 0. The van der Waals surface area contributed by atoms with Crippen LogP contribution in [0.5, 0.6) is 5.75 Å². The summed E-state index contributed by atoms with van der Waals surface area (Å²) in [7, 11) is 1.56. The molecule has 1 aromatic carbocycles. The third kappa shape index (κ3) is 6.24. The van der Waals surface area contributed by atoms with Crippen molar-refractivity contribution in [2.45, 2.75) is 84.1 Å². The monoisotopic (exact) mass is 445 g/mol. The summed E-state index contributed by atoms with van der Waals surface area (Å²) in [4.78, 5) is 38.4. The van der Waals surface area contributed by atoms with Crippen molar-refractivity contribution in [1.82, 2.24) is 15.5 Å². The molecule has 1 unspecified atom stereocenters. The molecule has 1 saturated heterocycles. The molecule has 7 heteroatoms. The summed E-state index contributed by atoms with van der Waals surface area (Å²) in [5.74, 6) is -0.297. The maximum Gasteiger partial charge on any atom is 0.242 e. The highest BCUT2D eigenvalue weighted by molar-refractivity contribution is 5.90. The van der Waals surface area contributed by atoms with Gasteiger partial charge in [-0.25, -0.2) is 0 Å². The van der Waals surface area contributed by atoms with E-state index < -0.39 is 6.04 Å². The number of amides is 3. The standard InChI is InChI=1S/C25H39N3O4/c1-24(2,3)17-13-16(14-18(22(17)31)25(4,5)6)10-11-20(29)27-15-21(30)28-12-8-9-19(28)23(32)26-7/h13-14,19,31H,8-12,15H2,1-7H3,(H,26,32)(H,27,29). The number of nitrogens with one attached hydrogen (secondary N) is 2. The van der Waals surface area contributed by atoms with Crippen LogP contribution in [0.3, 0.4) is 0 Å². The van der Waals surface area contributed by atoms with Gasteiger partial charge in [0.1, 0.15) is 11.8 Å². The van der Waals surface area contributed by atoms with E-state index in [9.17, 15) is 19.5 Å². The average Bonchev–Trinajstić information content (AvgIpc) is 3.18. The normalized spacial score (nSPS) is 16.7. The van der Waals surface area contributed by atoms with Crippen LogP contribution in [-0.4, -0.2) is 53.9 Å². The van der Waals surface area contributed by atoms with Gasteiger partial charge in [0.15, 0.2) is 0 Å². The van der Waals surface area contributed by atoms with Crippen LogP contribution in [0.2, 0.25) is 0 Å². The molecule has 1 fully saturated rings. The third-order valence-electron chi connectivity index (χ3n) is 5.99. The molecule has 32 heavy (non-hydrogen) atoms. The molecule has 2 rings (SSSR count). The van der Waals surface area contributed by atoms with E-state index in [0.29, 0.717) is 25.1 Å². The topological polar surface area (TPSA) is 98.7 Å². The highest BCUT2D eigenvalue weighted by Crippen LogP contribution is 2.39. The van der Waals surface area contributed by atoms with E-state index in [2.05, 4.69) is 52.2 Å². The minimum Gasteiger partial charge on any atom is -0.507 e. The summed E-state index contributed by atoms with van der Waals surface area (Å²) in [5, 5.41) is 16.1. The number of rotatable bonds is 6. The number of phenolic OH excluding ortho intramolecular Hbond substituents is 1. The molecule has 1 aliphatic heterocycles. The fourth-order valence-corrected chi connectivity index (χ4v) is 4.11. The van der Waals surface area contributed by atoms with Crippen LogP contribution in [0.1, 0.15) is 77.5 Å². The molecule has 1 aromatic rings. The first-order chi connectivity index (χ1) is 14.8. The van der Waals surface area contributed by atoms with Crippen LogP contribution in [0.4, 0.5) is 0 Å². The lowest BCUT2D eigenvalue weighted by molar-refractivity contribution is -0.138. The lowest BCUT2D eigenvalue weighted by atomic mass is 9.78. The number of likely N-dealkylation sites (tertiary alicyclic amines) is 1. The first-order valence-corrected chi connectivity index (χ1v) is 11.4. The van der Waals surface area contributed by atoms with E-state index in [1.807, 2.05) is 12.1 Å². The van der Waals surface area contributed by atoms with E-state index in [-0.39, 0.29) is 41.5 Å². The predicted molar refractivity (Wildman–Crippen MR) is 126 cm³/mol. The smallest absolute Gasteiger partial charge is 0.242 e. The summed E-state index contributed by atoms with van der Waals surface area (Å²) in [6.45, 7) is 12.8. The zero-order chi connectivity index (χ0) is 24.3. The Kier molecular flexibility index (Phi) is 7.97. The highest BCUT2D eigenvalue weighted by atomic mass is 16.3. The minimum absolute atomic E-state index is 0.109. The molecule has 7 nitrogen and oxygen atoms in total. The molecule has 0 saturated carbocycles. The van der Waals surface area contributed by atoms with Gasteiger partial charge in [0.2, 0.25) is 17.7 Å².